The number of rotatable bonds is 4. The van der Waals surface area contributed by atoms with Crippen LogP contribution in [-0.2, 0) is 0 Å². The minimum absolute atomic E-state index is 0.246. The third kappa shape index (κ3) is 2.94. The van der Waals surface area contributed by atoms with Crippen LogP contribution in [0.25, 0.3) is 0 Å². The summed E-state index contributed by atoms with van der Waals surface area (Å²) in [5.74, 6) is 0. The maximum atomic E-state index is 6.22. The highest BCUT2D eigenvalue weighted by molar-refractivity contribution is 7.10. The summed E-state index contributed by atoms with van der Waals surface area (Å²) in [6.45, 7) is 6.51. The SMILES string of the molecule is Cc1ccsc1C(C)N[C@H](C)c1ccccc1Cl. The van der Waals surface area contributed by atoms with Crippen LogP contribution in [0.4, 0.5) is 0 Å². The summed E-state index contributed by atoms with van der Waals surface area (Å²) in [5, 5.41) is 6.57. The van der Waals surface area contributed by atoms with Crippen molar-refractivity contribution in [3.8, 4) is 0 Å². The lowest BCUT2D eigenvalue weighted by atomic mass is 10.1. The van der Waals surface area contributed by atoms with Gasteiger partial charge in [0.05, 0.1) is 0 Å². The molecule has 1 N–H and O–H groups in total. The van der Waals surface area contributed by atoms with Crippen molar-refractivity contribution in [3.05, 3.63) is 56.7 Å². The fraction of sp³-hybridized carbons (Fsp3) is 0.333. The van der Waals surface area contributed by atoms with E-state index in [1.807, 2.05) is 18.2 Å². The molecule has 0 bridgehead atoms. The average Bonchev–Trinajstić information content (AvgIpc) is 2.76. The molecule has 1 aromatic heterocycles. The van der Waals surface area contributed by atoms with Crippen molar-refractivity contribution in [3.63, 3.8) is 0 Å². The van der Waals surface area contributed by atoms with Crippen LogP contribution in [0.5, 0.6) is 0 Å². The largest absolute Gasteiger partial charge is 0.303 e. The number of hydrogen-bond donors (Lipinski definition) is 1. The van der Waals surface area contributed by atoms with Crippen LogP contribution in [0, 0.1) is 6.92 Å². The van der Waals surface area contributed by atoms with Gasteiger partial charge >= 0.3 is 0 Å². The van der Waals surface area contributed by atoms with Crippen LogP contribution >= 0.6 is 22.9 Å². The molecule has 18 heavy (non-hydrogen) atoms. The summed E-state index contributed by atoms with van der Waals surface area (Å²) < 4.78 is 0. The molecule has 2 aromatic rings. The Morgan fingerprint density at radius 1 is 1.11 bits per heavy atom. The van der Waals surface area contributed by atoms with E-state index in [-0.39, 0.29) is 6.04 Å². The fourth-order valence-corrected chi connectivity index (χ4v) is 3.44. The minimum Gasteiger partial charge on any atom is -0.303 e. The van der Waals surface area contributed by atoms with Crippen LogP contribution in [0.1, 0.15) is 41.9 Å². The highest BCUT2D eigenvalue weighted by Crippen LogP contribution is 2.28. The number of benzene rings is 1. The van der Waals surface area contributed by atoms with E-state index in [9.17, 15) is 0 Å². The Bertz CT molecular complexity index is 521. The third-order valence-electron chi connectivity index (χ3n) is 3.17. The molecule has 1 aromatic carbocycles. The Hall–Kier alpha value is -0.830. The minimum atomic E-state index is 0.246. The quantitative estimate of drug-likeness (QED) is 0.819. The second-order valence-electron chi connectivity index (χ2n) is 4.60. The predicted octanol–water partition coefficient (Wildman–Crippen LogP) is 5.12. The summed E-state index contributed by atoms with van der Waals surface area (Å²) in [4.78, 5) is 1.40. The fourth-order valence-electron chi connectivity index (χ4n) is 2.19. The average molecular weight is 280 g/mol. The number of nitrogens with one attached hydrogen (secondary N) is 1. The van der Waals surface area contributed by atoms with E-state index in [2.05, 4.69) is 43.6 Å². The van der Waals surface area contributed by atoms with Gasteiger partial charge in [-0.25, -0.2) is 0 Å². The van der Waals surface area contributed by atoms with E-state index < -0.39 is 0 Å². The molecule has 2 atom stereocenters. The third-order valence-corrected chi connectivity index (χ3v) is 4.71. The van der Waals surface area contributed by atoms with Gasteiger partial charge in [-0.3, -0.25) is 0 Å². The molecule has 0 radical (unpaired) electrons. The van der Waals surface area contributed by atoms with Gasteiger partial charge in [0.1, 0.15) is 0 Å². The second kappa shape index (κ2) is 5.87. The first-order valence-electron chi connectivity index (χ1n) is 6.14. The molecule has 1 nitrogen and oxygen atoms in total. The van der Waals surface area contributed by atoms with Crippen molar-refractivity contribution in [2.45, 2.75) is 32.9 Å². The first-order valence-corrected chi connectivity index (χ1v) is 7.40. The summed E-state index contributed by atoms with van der Waals surface area (Å²) in [6, 6.07) is 10.8. The van der Waals surface area contributed by atoms with Gasteiger partial charge in [-0.15, -0.1) is 11.3 Å². The lowest BCUT2D eigenvalue weighted by molar-refractivity contribution is 0.499. The molecule has 0 aliphatic carbocycles. The Morgan fingerprint density at radius 2 is 1.83 bits per heavy atom. The Balaban J connectivity index is 2.11. The van der Waals surface area contributed by atoms with E-state index in [4.69, 9.17) is 11.6 Å². The van der Waals surface area contributed by atoms with Crippen LogP contribution in [-0.4, -0.2) is 0 Å². The molecule has 96 valence electrons. The van der Waals surface area contributed by atoms with Crippen LogP contribution in [0.15, 0.2) is 35.7 Å². The Labute approximate surface area is 118 Å². The molecule has 2 rings (SSSR count). The number of halogens is 1. The van der Waals surface area contributed by atoms with Gasteiger partial charge in [-0.05, 0) is 49.4 Å². The Kier molecular flexibility index (Phi) is 4.44. The zero-order chi connectivity index (χ0) is 13.1. The van der Waals surface area contributed by atoms with Crippen molar-refractivity contribution >= 4 is 22.9 Å². The maximum Gasteiger partial charge on any atom is 0.0453 e. The van der Waals surface area contributed by atoms with Crippen molar-refractivity contribution in [1.29, 1.82) is 0 Å². The van der Waals surface area contributed by atoms with E-state index >= 15 is 0 Å². The summed E-state index contributed by atoms with van der Waals surface area (Å²) in [6.07, 6.45) is 0. The monoisotopic (exact) mass is 279 g/mol. The maximum absolute atomic E-state index is 6.22. The second-order valence-corrected chi connectivity index (χ2v) is 5.95. The number of hydrogen-bond acceptors (Lipinski definition) is 2. The molecule has 0 saturated heterocycles. The molecule has 0 fully saturated rings. The van der Waals surface area contributed by atoms with E-state index in [1.54, 1.807) is 11.3 Å². The predicted molar refractivity (Wildman–Crippen MR) is 80.5 cm³/mol. The van der Waals surface area contributed by atoms with Crippen LogP contribution in [0.3, 0.4) is 0 Å². The Morgan fingerprint density at radius 3 is 2.44 bits per heavy atom. The first kappa shape index (κ1) is 13.6. The normalized spacial score (nSPS) is 14.4. The zero-order valence-corrected chi connectivity index (χ0v) is 12.5. The van der Waals surface area contributed by atoms with E-state index in [0.29, 0.717) is 6.04 Å². The lowest BCUT2D eigenvalue weighted by Gasteiger charge is -2.21. The van der Waals surface area contributed by atoms with Gasteiger partial charge in [-0.1, -0.05) is 29.8 Å². The smallest absolute Gasteiger partial charge is 0.0453 e. The molecule has 0 amide bonds. The number of aryl methyl sites for hydroxylation is 1. The highest BCUT2D eigenvalue weighted by Gasteiger charge is 2.15. The standard InChI is InChI=1S/C15H18ClNS/c1-10-8-9-18-15(10)12(3)17-11(2)13-6-4-5-7-14(13)16/h4-9,11-12,17H,1-3H3/t11-,12?/m1/s1. The van der Waals surface area contributed by atoms with Gasteiger partial charge in [0.25, 0.3) is 0 Å². The topological polar surface area (TPSA) is 12.0 Å². The summed E-state index contributed by atoms with van der Waals surface area (Å²) >= 11 is 8.02. The first-order chi connectivity index (χ1) is 8.59. The van der Waals surface area contributed by atoms with Gasteiger partial charge in [0.2, 0.25) is 0 Å². The lowest BCUT2D eigenvalue weighted by Crippen LogP contribution is -2.22. The molecular formula is C15H18ClNS. The van der Waals surface area contributed by atoms with Crippen molar-refractivity contribution in [2.24, 2.45) is 0 Å². The van der Waals surface area contributed by atoms with Crippen molar-refractivity contribution in [2.75, 3.05) is 0 Å². The van der Waals surface area contributed by atoms with Gasteiger partial charge < -0.3 is 5.32 Å². The molecule has 0 saturated carbocycles. The molecule has 1 unspecified atom stereocenters. The summed E-state index contributed by atoms with van der Waals surface area (Å²) in [7, 11) is 0. The van der Waals surface area contributed by atoms with Crippen LogP contribution < -0.4 is 5.32 Å². The highest BCUT2D eigenvalue weighted by atomic mass is 35.5. The van der Waals surface area contributed by atoms with E-state index in [0.717, 1.165) is 10.6 Å². The molecule has 1 heterocycles. The molecule has 0 aliphatic heterocycles. The van der Waals surface area contributed by atoms with Gasteiger partial charge in [0, 0.05) is 22.0 Å². The van der Waals surface area contributed by atoms with Crippen molar-refractivity contribution in [1.82, 2.24) is 5.32 Å². The molecular weight excluding hydrogens is 262 g/mol. The molecule has 0 aliphatic rings. The van der Waals surface area contributed by atoms with Crippen molar-refractivity contribution < 1.29 is 0 Å². The molecule has 3 heteroatoms. The zero-order valence-electron chi connectivity index (χ0n) is 10.9. The van der Waals surface area contributed by atoms with Crippen LogP contribution in [0.2, 0.25) is 5.02 Å². The van der Waals surface area contributed by atoms with Gasteiger partial charge in [-0.2, -0.15) is 0 Å². The molecule has 0 spiro atoms. The van der Waals surface area contributed by atoms with Gasteiger partial charge in [0.15, 0.2) is 0 Å². The summed E-state index contributed by atoms with van der Waals surface area (Å²) in [5.41, 5.74) is 2.51. The number of thiophene rings is 1. The van der Waals surface area contributed by atoms with E-state index in [1.165, 1.54) is 10.4 Å².